The van der Waals surface area contributed by atoms with Crippen LogP contribution in [0.1, 0.15) is 11.1 Å². The quantitative estimate of drug-likeness (QED) is 0.128. The maximum absolute atomic E-state index is 3.54. The molecule has 0 fully saturated rings. The molecule has 3 nitrogen and oxygen atoms in total. The molecule has 2 aromatic heterocycles. The van der Waals surface area contributed by atoms with Crippen LogP contribution in [0, 0.1) is 0 Å². The van der Waals surface area contributed by atoms with Crippen LogP contribution < -0.4 is 14.7 Å². The van der Waals surface area contributed by atoms with Gasteiger partial charge in [0.05, 0.1) is 22.7 Å². The summed E-state index contributed by atoms with van der Waals surface area (Å²) in [6, 6.07) is 149. The number of nitrogens with zero attached hydrogens (tertiary/aromatic N) is 3. The second-order valence-corrected chi connectivity index (χ2v) is 31.5. The highest BCUT2D eigenvalue weighted by molar-refractivity contribution is 9.10. The number of rotatable bonds is 11. The molecule has 4 heterocycles. The van der Waals surface area contributed by atoms with Gasteiger partial charge in [-0.2, -0.15) is 0 Å². The van der Waals surface area contributed by atoms with Crippen molar-refractivity contribution in [2.45, 2.75) is 6.42 Å². The Morgan fingerprint density at radius 3 is 1.08 bits per heavy atom. The summed E-state index contributed by atoms with van der Waals surface area (Å²) in [7, 11) is 0. The van der Waals surface area contributed by atoms with Gasteiger partial charge in [-0.05, 0) is 211 Å². The third-order valence-electron chi connectivity index (χ3n) is 21.7. The maximum Gasteiger partial charge on any atom is 0.0546 e. The maximum atomic E-state index is 3.54. The Hall–Kier alpha value is -13.2. The Balaban J connectivity index is 0.000000120. The largest absolute Gasteiger partial charge is 0.310 e. The van der Waals surface area contributed by atoms with Gasteiger partial charge in [0.2, 0.25) is 0 Å². The molecule has 0 saturated heterocycles. The second-order valence-electron chi connectivity index (χ2n) is 28.4. The third kappa shape index (κ3) is 12.8. The van der Waals surface area contributed by atoms with Crippen LogP contribution in [-0.2, 0) is 6.42 Å². The lowest BCUT2D eigenvalue weighted by Gasteiger charge is -2.33. The molecule has 524 valence electrons. The van der Waals surface area contributed by atoms with Crippen molar-refractivity contribution in [2.24, 2.45) is 0 Å². The zero-order valence-corrected chi connectivity index (χ0v) is 63.7. The highest BCUT2D eigenvalue weighted by atomic mass is 79.9. The predicted molar refractivity (Wildman–Crippen MR) is 481 cm³/mol. The standard InChI is InChI=1S/C52H34N2S.C28H18BrN.C25H18S/c1-3-11-35(12-4-1)36-21-26-41(27-22-36)53(43-30-31-45-44-17-7-8-20-50(44)55-51(45)34-43)42-28-23-37(24-29-42)39-25-32-48-47(33-39)46-18-9-13-38-14-10-19-49(52(38)46)54(48)40-15-5-2-6-16-40;29-22-15-12-19(13-16-22)21-14-17-26-25(18-21)24-10-4-6-20-7-5-11-27(28(20)24)30(26)23-8-2-1-3-9-23;1-2-6-20(7-3-1)21-13-10-18(11-14-21)16-19-12-15-23-22-8-4-5-9-24(22)26-25(23)17-19/h1-34H;1-18H;1-15,17H,16H2. The van der Waals surface area contributed by atoms with Crippen molar-refractivity contribution in [3.63, 3.8) is 0 Å². The van der Waals surface area contributed by atoms with Crippen LogP contribution in [0.25, 0.3) is 129 Å². The van der Waals surface area contributed by atoms with E-state index in [1.165, 1.54) is 168 Å². The van der Waals surface area contributed by atoms with E-state index in [4.69, 9.17) is 0 Å². The summed E-state index contributed by atoms with van der Waals surface area (Å²) in [5.41, 5.74) is 28.2. The number of benzene rings is 18. The van der Waals surface area contributed by atoms with Crippen molar-refractivity contribution in [1.29, 1.82) is 0 Å². The first kappa shape index (κ1) is 67.2. The number of hydrogen-bond acceptors (Lipinski definition) is 5. The Kier molecular flexibility index (Phi) is 17.6. The molecule has 0 bridgehead atoms. The van der Waals surface area contributed by atoms with Crippen LogP contribution in [0.5, 0.6) is 0 Å². The first-order chi connectivity index (χ1) is 54.9. The van der Waals surface area contributed by atoms with Crippen molar-refractivity contribution >= 4 is 152 Å². The lowest BCUT2D eigenvalue weighted by Crippen LogP contribution is -2.15. The van der Waals surface area contributed by atoms with Gasteiger partial charge < -0.3 is 14.7 Å². The van der Waals surface area contributed by atoms with Crippen LogP contribution in [0.2, 0.25) is 0 Å². The van der Waals surface area contributed by atoms with Crippen LogP contribution in [0.4, 0.5) is 51.2 Å². The molecule has 0 saturated carbocycles. The molecule has 0 unspecified atom stereocenters. The van der Waals surface area contributed by atoms with Gasteiger partial charge in [-0.1, -0.05) is 301 Å². The summed E-state index contributed by atoms with van der Waals surface area (Å²) in [6.45, 7) is 0. The molecular weight excluding hydrogens is 1450 g/mol. The summed E-state index contributed by atoms with van der Waals surface area (Å²) >= 11 is 7.29. The van der Waals surface area contributed by atoms with Crippen molar-refractivity contribution < 1.29 is 0 Å². The van der Waals surface area contributed by atoms with E-state index >= 15 is 0 Å². The van der Waals surface area contributed by atoms with Crippen molar-refractivity contribution in [3.8, 4) is 66.8 Å². The predicted octanol–water partition coefficient (Wildman–Crippen LogP) is 31.5. The highest BCUT2D eigenvalue weighted by Gasteiger charge is 2.29. The molecule has 2 aliphatic rings. The summed E-state index contributed by atoms with van der Waals surface area (Å²) in [4.78, 5) is 7.17. The highest BCUT2D eigenvalue weighted by Crippen LogP contribution is 2.54. The Labute approximate surface area is 662 Å². The summed E-state index contributed by atoms with van der Waals surface area (Å²) in [5, 5.41) is 10.5. The molecule has 0 aliphatic carbocycles. The zero-order valence-electron chi connectivity index (χ0n) is 60.5. The number of fused-ring (bicyclic) bond motifs is 10. The van der Waals surface area contributed by atoms with E-state index in [0.717, 1.165) is 33.6 Å². The Morgan fingerprint density at radius 2 is 0.595 bits per heavy atom. The van der Waals surface area contributed by atoms with Gasteiger partial charge in [0.1, 0.15) is 0 Å². The third-order valence-corrected chi connectivity index (χ3v) is 24.5. The molecule has 0 radical (unpaired) electrons. The van der Waals surface area contributed by atoms with Gasteiger partial charge in [-0.15, -0.1) is 22.7 Å². The fraction of sp³-hybridized carbons (Fsp3) is 0.00952. The molecule has 6 heteroatoms. The van der Waals surface area contributed by atoms with Gasteiger partial charge in [0, 0.05) is 95.2 Å². The zero-order chi connectivity index (χ0) is 73.7. The van der Waals surface area contributed by atoms with Crippen LogP contribution in [-0.4, -0.2) is 0 Å². The van der Waals surface area contributed by atoms with Gasteiger partial charge in [-0.25, -0.2) is 0 Å². The van der Waals surface area contributed by atoms with Crippen molar-refractivity contribution in [1.82, 2.24) is 0 Å². The molecule has 0 spiro atoms. The number of para-hydroxylation sites is 2. The summed E-state index contributed by atoms with van der Waals surface area (Å²) < 4.78 is 6.44. The van der Waals surface area contributed by atoms with E-state index in [2.05, 4.69) is 443 Å². The molecular formula is C105H70BrN3S2. The molecule has 111 heavy (non-hydrogen) atoms. The van der Waals surface area contributed by atoms with Crippen LogP contribution >= 0.6 is 38.6 Å². The number of anilines is 9. The molecule has 0 atom stereocenters. The summed E-state index contributed by atoms with van der Waals surface area (Å²) in [5.74, 6) is 0. The first-order valence-electron chi connectivity index (χ1n) is 37.7. The number of halogens is 1. The SMILES string of the molecule is Brc1ccc(-c2ccc3c(c2)-c2cccc4cccc(c24)N3c2ccccc2)cc1.c1ccc(-c2ccc(Cc3ccc4c(c3)sc3ccccc34)cc2)cc1.c1ccc(-c2ccc(N(c3ccc(-c4ccc5c(c4)-c4cccc6cccc(c46)N5c4ccccc4)cc3)c3ccc4c(c3)sc3ccccc34)cc2)cc1. The van der Waals surface area contributed by atoms with Crippen molar-refractivity contribution in [2.75, 3.05) is 14.7 Å². The minimum Gasteiger partial charge on any atom is -0.310 e. The molecule has 2 aliphatic heterocycles. The van der Waals surface area contributed by atoms with E-state index in [0.29, 0.717) is 0 Å². The first-order valence-corrected chi connectivity index (χ1v) is 40.2. The van der Waals surface area contributed by atoms with Gasteiger partial charge in [0.15, 0.2) is 0 Å². The van der Waals surface area contributed by atoms with E-state index in [9.17, 15) is 0 Å². The molecule has 18 aromatic carbocycles. The van der Waals surface area contributed by atoms with E-state index < -0.39 is 0 Å². The molecule has 0 amide bonds. The normalized spacial score (nSPS) is 11.8. The van der Waals surface area contributed by atoms with Crippen LogP contribution in [0.15, 0.2) is 417 Å². The van der Waals surface area contributed by atoms with Gasteiger partial charge in [-0.3, -0.25) is 0 Å². The lowest BCUT2D eigenvalue weighted by atomic mass is 9.89. The molecule has 22 rings (SSSR count). The Morgan fingerprint density at radius 1 is 0.234 bits per heavy atom. The van der Waals surface area contributed by atoms with Gasteiger partial charge >= 0.3 is 0 Å². The minimum absolute atomic E-state index is 0.971. The fourth-order valence-electron chi connectivity index (χ4n) is 16.4. The average molecular weight is 1520 g/mol. The summed E-state index contributed by atoms with van der Waals surface area (Å²) in [6.07, 6.45) is 0.971. The monoisotopic (exact) mass is 1520 g/mol. The second kappa shape index (κ2) is 29.1. The lowest BCUT2D eigenvalue weighted by molar-refractivity contribution is 1.20. The smallest absolute Gasteiger partial charge is 0.0546 e. The van der Waals surface area contributed by atoms with E-state index in [1.54, 1.807) is 0 Å². The number of thiophene rings is 2. The molecule has 20 aromatic rings. The van der Waals surface area contributed by atoms with E-state index in [-0.39, 0.29) is 0 Å². The number of hydrogen-bond donors (Lipinski definition) is 0. The van der Waals surface area contributed by atoms with Crippen LogP contribution in [0.3, 0.4) is 0 Å². The van der Waals surface area contributed by atoms with E-state index in [1.807, 2.05) is 22.7 Å². The molecule has 0 N–H and O–H groups in total. The van der Waals surface area contributed by atoms with Gasteiger partial charge in [0.25, 0.3) is 0 Å². The average Bonchev–Trinajstić information content (AvgIpc) is 1.04. The topological polar surface area (TPSA) is 9.72 Å². The minimum atomic E-state index is 0.971. The van der Waals surface area contributed by atoms with Crippen molar-refractivity contribution in [3.05, 3.63) is 428 Å². The fourth-order valence-corrected chi connectivity index (χ4v) is 19.0. The Bertz CT molecular complexity index is 6830.